The van der Waals surface area contributed by atoms with Crippen molar-refractivity contribution in [3.8, 4) is 0 Å². The summed E-state index contributed by atoms with van der Waals surface area (Å²) in [5, 5.41) is 0. The van der Waals surface area contributed by atoms with Crippen LogP contribution in [0.3, 0.4) is 0 Å². The first kappa shape index (κ1) is 12.9. The molecular weight excluding hydrogens is 260 g/mol. The van der Waals surface area contributed by atoms with Crippen molar-refractivity contribution in [3.05, 3.63) is 15.8 Å². The van der Waals surface area contributed by atoms with Crippen LogP contribution in [0, 0.1) is 12.8 Å². The molecular formula is C14H20N2O2S. The van der Waals surface area contributed by atoms with Crippen molar-refractivity contribution in [1.29, 1.82) is 0 Å². The second-order valence-corrected chi connectivity index (χ2v) is 6.80. The van der Waals surface area contributed by atoms with Crippen LogP contribution in [0.5, 0.6) is 0 Å². The van der Waals surface area contributed by atoms with Crippen LogP contribution < -0.4 is 5.73 Å². The lowest BCUT2D eigenvalue weighted by atomic mass is 10.1. The van der Waals surface area contributed by atoms with Crippen LogP contribution >= 0.6 is 11.3 Å². The van der Waals surface area contributed by atoms with Gasteiger partial charge < -0.3 is 15.4 Å². The molecule has 1 saturated heterocycles. The van der Waals surface area contributed by atoms with Gasteiger partial charge in [-0.2, -0.15) is 0 Å². The average molecular weight is 280 g/mol. The number of nitrogens with zero attached hydrogens (tertiary/aromatic N) is 1. The number of ether oxygens (including phenoxy) is 1. The number of anilines is 1. The van der Waals surface area contributed by atoms with Crippen LogP contribution in [0.1, 0.15) is 33.8 Å². The minimum absolute atomic E-state index is 0.152. The summed E-state index contributed by atoms with van der Waals surface area (Å²) in [6.07, 6.45) is 3.35. The predicted molar refractivity (Wildman–Crippen MR) is 76.5 cm³/mol. The molecule has 5 heteroatoms. The quantitative estimate of drug-likeness (QED) is 0.920. The number of thiophene rings is 1. The van der Waals surface area contributed by atoms with Gasteiger partial charge >= 0.3 is 0 Å². The van der Waals surface area contributed by atoms with E-state index >= 15 is 0 Å². The largest absolute Gasteiger partial charge is 0.398 e. The molecule has 0 bridgehead atoms. The molecule has 0 spiro atoms. The third kappa shape index (κ3) is 2.77. The molecule has 1 aliphatic heterocycles. The van der Waals surface area contributed by atoms with Crippen LogP contribution in [0.15, 0.2) is 6.07 Å². The summed E-state index contributed by atoms with van der Waals surface area (Å²) in [7, 11) is 0. The number of nitrogen functional groups attached to an aromatic ring is 1. The van der Waals surface area contributed by atoms with Crippen LogP contribution in [-0.2, 0) is 4.74 Å². The Morgan fingerprint density at radius 1 is 1.53 bits per heavy atom. The van der Waals surface area contributed by atoms with Crippen molar-refractivity contribution in [2.75, 3.05) is 25.5 Å². The highest BCUT2D eigenvalue weighted by atomic mass is 32.1. The van der Waals surface area contributed by atoms with Gasteiger partial charge in [-0.25, -0.2) is 0 Å². The van der Waals surface area contributed by atoms with Crippen LogP contribution in [-0.4, -0.2) is 36.6 Å². The summed E-state index contributed by atoms with van der Waals surface area (Å²) in [6.45, 7) is 4.42. The lowest BCUT2D eigenvalue weighted by Crippen LogP contribution is -2.37. The molecule has 19 heavy (non-hydrogen) atoms. The van der Waals surface area contributed by atoms with Gasteiger partial charge in [0.1, 0.15) is 0 Å². The van der Waals surface area contributed by atoms with Gasteiger partial charge in [-0.3, -0.25) is 4.79 Å². The maximum absolute atomic E-state index is 12.6. The van der Waals surface area contributed by atoms with Gasteiger partial charge in [0.25, 0.3) is 5.91 Å². The monoisotopic (exact) mass is 280 g/mol. The number of amides is 1. The van der Waals surface area contributed by atoms with Gasteiger partial charge in [-0.1, -0.05) is 0 Å². The molecule has 2 aliphatic rings. The molecule has 1 unspecified atom stereocenters. The number of aryl methyl sites for hydroxylation is 1. The van der Waals surface area contributed by atoms with Gasteiger partial charge in [0, 0.05) is 35.7 Å². The van der Waals surface area contributed by atoms with Gasteiger partial charge in [-0.05, 0) is 32.3 Å². The Morgan fingerprint density at radius 3 is 2.84 bits per heavy atom. The van der Waals surface area contributed by atoms with Gasteiger partial charge in [0.15, 0.2) is 0 Å². The normalized spacial score (nSPS) is 22.7. The highest BCUT2D eigenvalue weighted by Gasteiger charge is 2.35. The Labute approximate surface area is 117 Å². The average Bonchev–Trinajstić information content (AvgIpc) is 3.00. The fraction of sp³-hybridized carbons (Fsp3) is 0.643. The van der Waals surface area contributed by atoms with Gasteiger partial charge in [0.05, 0.1) is 11.5 Å². The first-order chi connectivity index (χ1) is 9.15. The third-order valence-corrected chi connectivity index (χ3v) is 4.95. The Hall–Kier alpha value is -1.07. The molecule has 1 aromatic rings. The maximum atomic E-state index is 12.6. The SMILES string of the molecule is Cc1sc(C(=O)N(CC2CCOC2)C2CC2)cc1N. The van der Waals surface area contributed by atoms with Crippen molar-refractivity contribution in [3.63, 3.8) is 0 Å². The third-order valence-electron chi connectivity index (χ3n) is 3.89. The van der Waals surface area contributed by atoms with E-state index in [0.29, 0.717) is 12.0 Å². The Morgan fingerprint density at radius 2 is 2.32 bits per heavy atom. The smallest absolute Gasteiger partial charge is 0.264 e. The van der Waals surface area contributed by atoms with Crippen molar-refractivity contribution in [2.45, 2.75) is 32.2 Å². The number of rotatable bonds is 4. The molecule has 0 radical (unpaired) electrons. The zero-order valence-corrected chi connectivity index (χ0v) is 12.0. The van der Waals surface area contributed by atoms with E-state index < -0.39 is 0 Å². The van der Waals surface area contributed by atoms with Crippen molar-refractivity contribution in [2.24, 2.45) is 5.92 Å². The zero-order chi connectivity index (χ0) is 13.4. The van der Waals surface area contributed by atoms with E-state index in [4.69, 9.17) is 10.5 Å². The summed E-state index contributed by atoms with van der Waals surface area (Å²) in [5.74, 6) is 0.655. The number of nitrogens with two attached hydrogens (primary N) is 1. The molecule has 1 aromatic heterocycles. The molecule has 1 aliphatic carbocycles. The van der Waals surface area contributed by atoms with E-state index in [2.05, 4.69) is 0 Å². The molecule has 1 saturated carbocycles. The molecule has 1 amide bonds. The molecule has 1 atom stereocenters. The Balaban J connectivity index is 1.73. The second-order valence-electron chi connectivity index (χ2n) is 5.54. The van der Waals surface area contributed by atoms with E-state index in [1.54, 1.807) is 0 Å². The van der Waals surface area contributed by atoms with Crippen LogP contribution in [0.2, 0.25) is 0 Å². The van der Waals surface area contributed by atoms with E-state index in [-0.39, 0.29) is 5.91 Å². The molecule has 104 valence electrons. The lowest BCUT2D eigenvalue weighted by molar-refractivity contribution is 0.0711. The second kappa shape index (κ2) is 5.13. The lowest BCUT2D eigenvalue weighted by Gasteiger charge is -2.24. The van der Waals surface area contributed by atoms with E-state index in [1.165, 1.54) is 11.3 Å². The molecule has 2 heterocycles. The first-order valence-corrected chi connectivity index (χ1v) is 7.71. The first-order valence-electron chi connectivity index (χ1n) is 6.90. The summed E-state index contributed by atoms with van der Waals surface area (Å²) < 4.78 is 5.41. The fourth-order valence-corrected chi connectivity index (χ4v) is 3.43. The van der Waals surface area contributed by atoms with Crippen LogP contribution in [0.25, 0.3) is 0 Å². The summed E-state index contributed by atoms with van der Waals surface area (Å²) in [6, 6.07) is 2.26. The van der Waals surface area contributed by atoms with Gasteiger partial charge in [-0.15, -0.1) is 11.3 Å². The van der Waals surface area contributed by atoms with Crippen LogP contribution in [0.4, 0.5) is 5.69 Å². The molecule has 2 fully saturated rings. The predicted octanol–water partition coefficient (Wildman–Crippen LogP) is 2.28. The fourth-order valence-electron chi connectivity index (χ4n) is 2.53. The molecule has 0 aromatic carbocycles. The topological polar surface area (TPSA) is 55.6 Å². The zero-order valence-electron chi connectivity index (χ0n) is 11.2. The Kier molecular flexibility index (Phi) is 3.50. The Bertz CT molecular complexity index is 456. The number of carbonyl (C=O) groups is 1. The maximum Gasteiger partial charge on any atom is 0.264 e. The van der Waals surface area contributed by atoms with Crippen molar-refractivity contribution >= 4 is 22.9 Å². The number of carbonyl (C=O) groups excluding carboxylic acids is 1. The number of hydrogen-bond acceptors (Lipinski definition) is 4. The van der Waals surface area contributed by atoms with E-state index in [0.717, 1.165) is 54.5 Å². The summed E-state index contributed by atoms with van der Waals surface area (Å²) in [5.41, 5.74) is 6.58. The van der Waals surface area contributed by atoms with E-state index in [1.807, 2.05) is 17.9 Å². The molecule has 4 nitrogen and oxygen atoms in total. The summed E-state index contributed by atoms with van der Waals surface area (Å²) >= 11 is 1.51. The molecule has 3 rings (SSSR count). The van der Waals surface area contributed by atoms with Crippen molar-refractivity contribution in [1.82, 2.24) is 4.90 Å². The summed E-state index contributed by atoms with van der Waals surface area (Å²) in [4.78, 5) is 16.5. The number of hydrogen-bond donors (Lipinski definition) is 1. The standard InChI is InChI=1S/C14H20N2O2S/c1-9-12(15)6-13(19-9)14(17)16(11-2-3-11)7-10-4-5-18-8-10/h6,10-11H,2-5,7-8,15H2,1H3. The minimum Gasteiger partial charge on any atom is -0.398 e. The van der Waals surface area contributed by atoms with Gasteiger partial charge in [0.2, 0.25) is 0 Å². The van der Waals surface area contributed by atoms with Crippen molar-refractivity contribution < 1.29 is 9.53 Å². The highest BCUT2D eigenvalue weighted by Crippen LogP contribution is 2.32. The minimum atomic E-state index is 0.152. The highest BCUT2D eigenvalue weighted by molar-refractivity contribution is 7.14. The molecule has 2 N–H and O–H groups in total. The van der Waals surface area contributed by atoms with E-state index in [9.17, 15) is 4.79 Å².